The third kappa shape index (κ3) is 3.78. The third-order valence-electron chi connectivity index (χ3n) is 2.01. The first kappa shape index (κ1) is 13.0. The number of rotatable bonds is 6. The Hall–Kier alpha value is -2.05. The van der Waals surface area contributed by atoms with E-state index in [1.807, 2.05) is 0 Å². The molecule has 0 saturated carbocycles. The van der Waals surface area contributed by atoms with Crippen LogP contribution in [-0.2, 0) is 11.2 Å². The number of aldehydes is 1. The second-order valence-electron chi connectivity index (χ2n) is 3.13. The van der Waals surface area contributed by atoms with Crippen molar-refractivity contribution in [3.8, 4) is 5.75 Å². The lowest BCUT2D eigenvalue weighted by Gasteiger charge is -2.09. The number of nitro groups is 1. The van der Waals surface area contributed by atoms with Crippen LogP contribution in [0.25, 0.3) is 0 Å². The summed E-state index contributed by atoms with van der Waals surface area (Å²) in [5.41, 5.74) is -0.00139. The highest BCUT2D eigenvalue weighted by Crippen LogP contribution is 2.27. The van der Waals surface area contributed by atoms with Gasteiger partial charge in [-0.2, -0.15) is 8.78 Å². The number of nitrogens with zero attached hydrogens (tertiary/aromatic N) is 1. The molecule has 0 saturated heterocycles. The predicted octanol–water partition coefficient (Wildman–Crippen LogP) is 2.33. The third-order valence-corrected chi connectivity index (χ3v) is 2.01. The number of carbonyl (C=O) groups is 1. The monoisotopic (exact) mass is 245 g/mol. The van der Waals surface area contributed by atoms with Gasteiger partial charge in [0.2, 0.25) is 0 Å². The molecular formula is C10H9F2NO4. The molecule has 1 rings (SSSR count). The molecule has 0 fully saturated rings. The number of ether oxygens (including phenoxy) is 1. The maximum absolute atomic E-state index is 12.1. The molecule has 5 nitrogen and oxygen atoms in total. The molecule has 0 amide bonds. The van der Waals surface area contributed by atoms with Gasteiger partial charge in [0, 0.05) is 12.5 Å². The molecule has 7 heteroatoms. The molecule has 1 aromatic rings. The zero-order chi connectivity index (χ0) is 12.8. The van der Waals surface area contributed by atoms with E-state index in [-0.39, 0.29) is 24.3 Å². The summed E-state index contributed by atoms with van der Waals surface area (Å²) >= 11 is 0. The minimum atomic E-state index is -3.06. The van der Waals surface area contributed by atoms with Crippen molar-refractivity contribution < 1.29 is 23.2 Å². The van der Waals surface area contributed by atoms with Gasteiger partial charge >= 0.3 is 6.61 Å². The molecule has 0 spiro atoms. The molecule has 1 aromatic carbocycles. The first-order valence-corrected chi connectivity index (χ1v) is 4.70. The first-order chi connectivity index (χ1) is 8.04. The van der Waals surface area contributed by atoms with Gasteiger partial charge in [0.1, 0.15) is 12.0 Å². The fourth-order valence-corrected chi connectivity index (χ4v) is 1.28. The highest BCUT2D eigenvalue weighted by molar-refractivity contribution is 5.52. The molecule has 92 valence electrons. The standard InChI is InChI=1S/C10H9F2NO4/c11-10(12)17-9-6-8(13(15)16)4-3-7(9)2-1-5-14/h3-6,10H,1-2H2. The molecule has 0 aliphatic rings. The van der Waals surface area contributed by atoms with Crippen LogP contribution in [0.3, 0.4) is 0 Å². The zero-order valence-electron chi connectivity index (χ0n) is 8.64. The van der Waals surface area contributed by atoms with Crippen molar-refractivity contribution in [3.63, 3.8) is 0 Å². The number of benzene rings is 1. The summed E-state index contributed by atoms with van der Waals surface area (Å²) in [5.74, 6) is -0.268. The lowest BCUT2D eigenvalue weighted by atomic mass is 10.1. The molecule has 0 atom stereocenters. The van der Waals surface area contributed by atoms with Gasteiger partial charge in [-0.15, -0.1) is 0 Å². The SMILES string of the molecule is O=CCCc1ccc([N+](=O)[O-])cc1OC(F)F. The number of hydrogen-bond acceptors (Lipinski definition) is 4. The number of carbonyl (C=O) groups excluding carboxylic acids is 1. The highest BCUT2D eigenvalue weighted by Gasteiger charge is 2.14. The smallest absolute Gasteiger partial charge is 0.387 e. The van der Waals surface area contributed by atoms with Gasteiger partial charge in [-0.25, -0.2) is 0 Å². The summed E-state index contributed by atoms with van der Waals surface area (Å²) in [7, 11) is 0. The number of hydrogen-bond donors (Lipinski definition) is 0. The number of nitro benzene ring substituents is 1. The topological polar surface area (TPSA) is 69.4 Å². The van der Waals surface area contributed by atoms with Crippen molar-refractivity contribution in [1.82, 2.24) is 0 Å². The van der Waals surface area contributed by atoms with Gasteiger partial charge in [0.05, 0.1) is 11.0 Å². The van der Waals surface area contributed by atoms with Crippen molar-refractivity contribution in [2.45, 2.75) is 19.5 Å². The Kier molecular flexibility index (Phi) is 4.50. The van der Waals surface area contributed by atoms with Crippen molar-refractivity contribution in [1.29, 1.82) is 0 Å². The number of non-ortho nitro benzene ring substituents is 1. The summed E-state index contributed by atoms with van der Waals surface area (Å²) < 4.78 is 28.4. The molecule has 0 N–H and O–H groups in total. The van der Waals surface area contributed by atoms with Crippen LogP contribution in [0.1, 0.15) is 12.0 Å². The van der Waals surface area contributed by atoms with Gasteiger partial charge in [0.15, 0.2) is 0 Å². The molecule has 0 aliphatic carbocycles. The van der Waals surface area contributed by atoms with Crippen LogP contribution in [0.15, 0.2) is 18.2 Å². The maximum Gasteiger partial charge on any atom is 0.387 e. The van der Waals surface area contributed by atoms with Crippen LogP contribution in [0.2, 0.25) is 0 Å². The van der Waals surface area contributed by atoms with Crippen LogP contribution in [-0.4, -0.2) is 17.8 Å². The van der Waals surface area contributed by atoms with Crippen molar-refractivity contribution >= 4 is 12.0 Å². The van der Waals surface area contributed by atoms with E-state index in [0.29, 0.717) is 11.8 Å². The van der Waals surface area contributed by atoms with E-state index in [1.165, 1.54) is 12.1 Å². The lowest BCUT2D eigenvalue weighted by molar-refractivity contribution is -0.385. The van der Waals surface area contributed by atoms with E-state index in [4.69, 9.17) is 0 Å². The predicted molar refractivity (Wildman–Crippen MR) is 54.1 cm³/mol. The van der Waals surface area contributed by atoms with E-state index < -0.39 is 11.5 Å². The Morgan fingerprint density at radius 1 is 1.47 bits per heavy atom. The fraction of sp³-hybridized carbons (Fsp3) is 0.300. The molecular weight excluding hydrogens is 236 g/mol. The summed E-state index contributed by atoms with van der Waals surface area (Å²) in [6.45, 7) is -3.06. The van der Waals surface area contributed by atoms with E-state index >= 15 is 0 Å². The minimum Gasteiger partial charge on any atom is -0.434 e. The van der Waals surface area contributed by atoms with Crippen LogP contribution in [0.5, 0.6) is 5.75 Å². The largest absolute Gasteiger partial charge is 0.434 e. The van der Waals surface area contributed by atoms with Gasteiger partial charge in [-0.1, -0.05) is 0 Å². The van der Waals surface area contributed by atoms with E-state index in [1.54, 1.807) is 0 Å². The normalized spacial score (nSPS) is 10.3. The van der Waals surface area contributed by atoms with Crippen LogP contribution >= 0.6 is 0 Å². The number of alkyl halides is 2. The Morgan fingerprint density at radius 3 is 2.71 bits per heavy atom. The molecule has 0 radical (unpaired) electrons. The Labute approximate surface area is 95.2 Å². The summed E-state index contributed by atoms with van der Waals surface area (Å²) in [4.78, 5) is 20.0. The minimum absolute atomic E-state index is 0.136. The second-order valence-corrected chi connectivity index (χ2v) is 3.13. The fourth-order valence-electron chi connectivity index (χ4n) is 1.28. The van der Waals surface area contributed by atoms with Crippen LogP contribution < -0.4 is 4.74 Å². The van der Waals surface area contributed by atoms with Crippen LogP contribution in [0.4, 0.5) is 14.5 Å². The summed E-state index contributed by atoms with van der Waals surface area (Å²) in [6.07, 6.45) is 0.967. The Balaban J connectivity index is 3.02. The molecule has 0 aromatic heterocycles. The molecule has 0 bridgehead atoms. The van der Waals surface area contributed by atoms with Crippen molar-refractivity contribution in [2.75, 3.05) is 0 Å². The zero-order valence-corrected chi connectivity index (χ0v) is 8.64. The quantitative estimate of drug-likeness (QED) is 0.438. The summed E-state index contributed by atoms with van der Waals surface area (Å²) in [6, 6.07) is 3.41. The van der Waals surface area contributed by atoms with Crippen molar-refractivity contribution in [3.05, 3.63) is 33.9 Å². The highest BCUT2D eigenvalue weighted by atomic mass is 19.3. The Bertz CT molecular complexity index is 423. The van der Waals surface area contributed by atoms with Crippen LogP contribution in [0, 0.1) is 10.1 Å². The molecule has 17 heavy (non-hydrogen) atoms. The van der Waals surface area contributed by atoms with Gasteiger partial charge in [-0.3, -0.25) is 10.1 Å². The number of halogens is 2. The lowest BCUT2D eigenvalue weighted by Crippen LogP contribution is -2.05. The van der Waals surface area contributed by atoms with Gasteiger partial charge < -0.3 is 9.53 Å². The van der Waals surface area contributed by atoms with Gasteiger partial charge in [0.25, 0.3) is 5.69 Å². The average molecular weight is 245 g/mol. The van der Waals surface area contributed by atoms with E-state index in [9.17, 15) is 23.7 Å². The molecule has 0 aliphatic heterocycles. The number of aryl methyl sites for hydroxylation is 1. The van der Waals surface area contributed by atoms with E-state index in [0.717, 1.165) is 6.07 Å². The molecule has 0 unspecified atom stereocenters. The summed E-state index contributed by atoms with van der Waals surface area (Å²) in [5, 5.41) is 10.5. The Morgan fingerprint density at radius 2 is 2.18 bits per heavy atom. The second kappa shape index (κ2) is 5.88. The van der Waals surface area contributed by atoms with Crippen molar-refractivity contribution in [2.24, 2.45) is 0 Å². The molecule has 0 heterocycles. The van der Waals surface area contributed by atoms with E-state index in [2.05, 4.69) is 4.74 Å². The maximum atomic E-state index is 12.1. The average Bonchev–Trinajstić information content (AvgIpc) is 2.26. The first-order valence-electron chi connectivity index (χ1n) is 4.70. The van der Waals surface area contributed by atoms with Gasteiger partial charge in [-0.05, 0) is 18.1 Å².